The van der Waals surface area contributed by atoms with Crippen LogP contribution in [0.25, 0.3) is 22.5 Å². The predicted molar refractivity (Wildman–Crippen MR) is 87.7 cm³/mol. The van der Waals surface area contributed by atoms with E-state index in [1.807, 2.05) is 25.3 Å². The molecule has 0 radical (unpaired) electrons. The lowest BCUT2D eigenvalue weighted by molar-refractivity contribution is 1.26. The van der Waals surface area contributed by atoms with Crippen molar-refractivity contribution in [1.82, 2.24) is 9.97 Å². The Morgan fingerprint density at radius 1 is 0.810 bits per heavy atom. The quantitative estimate of drug-likeness (QED) is 0.670. The molecule has 0 bridgehead atoms. The fourth-order valence-corrected chi connectivity index (χ4v) is 2.43. The molecular weight excluding hydrogens is 256 g/mol. The fraction of sp³-hybridized carbons (Fsp3) is 0.105. The van der Waals surface area contributed by atoms with Crippen LogP contribution in [0.3, 0.4) is 0 Å². The molecule has 2 aliphatic rings. The summed E-state index contributed by atoms with van der Waals surface area (Å²) in [5.74, 6) is 0.903. The Hall–Kier alpha value is -2.61. The Balaban J connectivity index is 2.36. The van der Waals surface area contributed by atoms with E-state index in [4.69, 9.17) is 0 Å². The predicted octanol–water partition coefficient (Wildman–Crippen LogP) is 4.92. The van der Waals surface area contributed by atoms with Crippen LogP contribution in [0.15, 0.2) is 66.9 Å². The molecule has 0 saturated carbocycles. The van der Waals surface area contributed by atoms with Crippen LogP contribution in [0.1, 0.15) is 11.3 Å². The summed E-state index contributed by atoms with van der Waals surface area (Å²) in [6.07, 6.45) is 1.86. The van der Waals surface area contributed by atoms with Crippen molar-refractivity contribution in [3.8, 4) is 22.5 Å². The zero-order valence-corrected chi connectivity index (χ0v) is 12.3. The second-order valence-corrected chi connectivity index (χ2v) is 5.21. The first-order valence-electron chi connectivity index (χ1n) is 7.09. The van der Waals surface area contributed by atoms with Gasteiger partial charge in [0.1, 0.15) is 5.82 Å². The molecule has 2 aliphatic carbocycles. The van der Waals surface area contributed by atoms with E-state index in [-0.39, 0.29) is 0 Å². The maximum absolute atomic E-state index is 4.49. The Bertz CT molecular complexity index is 785. The van der Waals surface area contributed by atoms with Gasteiger partial charge in [-0.15, -0.1) is 0 Å². The number of imidazole rings is 1. The molecule has 21 heavy (non-hydrogen) atoms. The molecule has 0 fully saturated rings. The van der Waals surface area contributed by atoms with Crippen molar-refractivity contribution < 1.29 is 0 Å². The van der Waals surface area contributed by atoms with Crippen molar-refractivity contribution in [3.63, 3.8) is 0 Å². The number of H-pyrrole nitrogens is 1. The normalized spacial score (nSPS) is 10.4. The molecule has 0 saturated heterocycles. The van der Waals surface area contributed by atoms with E-state index in [9.17, 15) is 0 Å². The molecule has 2 heteroatoms. The molecule has 0 unspecified atom stereocenters. The average molecular weight is 274 g/mol. The summed E-state index contributed by atoms with van der Waals surface area (Å²) in [5.41, 5.74) is 5.77. The minimum atomic E-state index is 0.903. The Kier molecular flexibility index (Phi) is 3.69. The van der Waals surface area contributed by atoms with Crippen LogP contribution in [0.2, 0.25) is 0 Å². The smallest absolute Gasteiger partial charge is 0.138 e. The first-order chi connectivity index (χ1) is 10.2. The lowest BCUT2D eigenvalue weighted by Gasteiger charge is -2.07. The number of hydrogen-bond acceptors (Lipinski definition) is 1. The number of rotatable bonds is 1. The summed E-state index contributed by atoms with van der Waals surface area (Å²) >= 11 is 0. The monoisotopic (exact) mass is 274 g/mol. The van der Waals surface area contributed by atoms with Gasteiger partial charge in [-0.2, -0.15) is 0 Å². The molecular formula is C19H18N2. The zero-order valence-electron chi connectivity index (χ0n) is 12.3. The first kappa shape index (κ1) is 13.4. The van der Waals surface area contributed by atoms with Crippen LogP contribution in [0.5, 0.6) is 0 Å². The molecule has 0 atom stereocenters. The van der Waals surface area contributed by atoms with Crippen molar-refractivity contribution in [1.29, 1.82) is 0 Å². The van der Waals surface area contributed by atoms with Crippen molar-refractivity contribution in [3.05, 3.63) is 78.1 Å². The van der Waals surface area contributed by atoms with Crippen LogP contribution >= 0.6 is 0 Å². The van der Waals surface area contributed by atoms with E-state index in [1.54, 1.807) is 0 Å². The van der Waals surface area contributed by atoms with Crippen molar-refractivity contribution in [2.75, 3.05) is 0 Å². The molecule has 1 heterocycles. The van der Waals surface area contributed by atoms with Gasteiger partial charge in [0, 0.05) is 17.5 Å². The molecule has 2 nitrogen and oxygen atoms in total. The molecule has 1 aromatic heterocycles. The van der Waals surface area contributed by atoms with Gasteiger partial charge in [-0.05, 0) is 25.0 Å². The van der Waals surface area contributed by atoms with E-state index in [2.05, 4.69) is 65.4 Å². The summed E-state index contributed by atoms with van der Waals surface area (Å²) in [7, 11) is 0. The van der Waals surface area contributed by atoms with E-state index < -0.39 is 0 Å². The van der Waals surface area contributed by atoms with Gasteiger partial charge in [0.05, 0.1) is 0 Å². The van der Waals surface area contributed by atoms with Gasteiger partial charge in [-0.1, -0.05) is 66.2 Å². The van der Waals surface area contributed by atoms with Crippen LogP contribution in [-0.4, -0.2) is 9.97 Å². The molecule has 1 N–H and O–H groups in total. The largest absolute Gasteiger partial charge is 0.342 e. The van der Waals surface area contributed by atoms with Crippen molar-refractivity contribution >= 4 is 0 Å². The molecule has 0 spiro atoms. The highest BCUT2D eigenvalue weighted by Gasteiger charge is 2.08. The van der Waals surface area contributed by atoms with Gasteiger partial charge in [0.2, 0.25) is 0 Å². The SMILES string of the molecule is Cc1ccccc2c(-c3ncc(C)[nH]3)cccccc-2c1. The Morgan fingerprint density at radius 3 is 2.33 bits per heavy atom. The standard InChI is InChI=1S/C19H18N2/c1-14-8-6-7-10-17-16(12-14)9-4-3-5-11-18(17)19-20-13-15(2)21-19/h3-13H,1-2H3,(H,20,21). The summed E-state index contributed by atoms with van der Waals surface area (Å²) in [5, 5.41) is 0. The Morgan fingerprint density at radius 2 is 1.52 bits per heavy atom. The van der Waals surface area contributed by atoms with Crippen LogP contribution in [-0.2, 0) is 0 Å². The number of aryl methyl sites for hydroxylation is 2. The lowest BCUT2D eigenvalue weighted by Crippen LogP contribution is -1.86. The van der Waals surface area contributed by atoms with E-state index in [1.165, 1.54) is 16.7 Å². The van der Waals surface area contributed by atoms with Crippen molar-refractivity contribution in [2.24, 2.45) is 0 Å². The number of aromatic amines is 1. The number of hydrogen-bond donors (Lipinski definition) is 1. The van der Waals surface area contributed by atoms with Crippen LogP contribution in [0, 0.1) is 13.8 Å². The number of aromatic nitrogens is 2. The minimum absolute atomic E-state index is 0.903. The van der Waals surface area contributed by atoms with Crippen LogP contribution < -0.4 is 0 Å². The van der Waals surface area contributed by atoms with Gasteiger partial charge in [0.15, 0.2) is 0 Å². The average Bonchev–Trinajstić information content (AvgIpc) is 2.85. The van der Waals surface area contributed by atoms with Crippen LogP contribution in [0.4, 0.5) is 0 Å². The number of nitrogens with zero attached hydrogens (tertiary/aromatic N) is 1. The molecule has 0 amide bonds. The summed E-state index contributed by atoms with van der Waals surface area (Å²) in [6, 6.07) is 21.0. The van der Waals surface area contributed by atoms with Gasteiger partial charge in [0.25, 0.3) is 0 Å². The van der Waals surface area contributed by atoms with E-state index >= 15 is 0 Å². The Labute approximate surface area is 125 Å². The molecule has 0 aliphatic heterocycles. The van der Waals surface area contributed by atoms with E-state index in [0.29, 0.717) is 0 Å². The molecule has 0 aromatic carbocycles. The number of nitrogens with one attached hydrogen (secondary N) is 1. The second-order valence-electron chi connectivity index (χ2n) is 5.21. The van der Waals surface area contributed by atoms with Crippen molar-refractivity contribution in [2.45, 2.75) is 13.8 Å². The number of fused-ring (bicyclic) bond motifs is 1. The van der Waals surface area contributed by atoms with E-state index in [0.717, 1.165) is 17.1 Å². The topological polar surface area (TPSA) is 28.7 Å². The first-order valence-corrected chi connectivity index (χ1v) is 7.09. The highest BCUT2D eigenvalue weighted by Crippen LogP contribution is 2.29. The van der Waals surface area contributed by atoms with Gasteiger partial charge in [-0.3, -0.25) is 0 Å². The summed E-state index contributed by atoms with van der Waals surface area (Å²) in [4.78, 5) is 7.82. The third kappa shape index (κ3) is 2.95. The third-order valence-electron chi connectivity index (χ3n) is 3.44. The second kappa shape index (κ2) is 5.80. The molecule has 1 aromatic rings. The zero-order chi connectivity index (χ0) is 14.7. The highest BCUT2D eigenvalue weighted by atomic mass is 14.9. The highest BCUT2D eigenvalue weighted by molar-refractivity contribution is 5.80. The maximum atomic E-state index is 4.49. The summed E-state index contributed by atoms with van der Waals surface area (Å²) in [6.45, 7) is 4.13. The van der Waals surface area contributed by atoms with Gasteiger partial charge >= 0.3 is 0 Å². The molecule has 104 valence electrons. The lowest BCUT2D eigenvalue weighted by atomic mass is 9.99. The maximum Gasteiger partial charge on any atom is 0.138 e. The van der Waals surface area contributed by atoms with Gasteiger partial charge < -0.3 is 4.98 Å². The minimum Gasteiger partial charge on any atom is -0.342 e. The molecule has 3 rings (SSSR count). The van der Waals surface area contributed by atoms with Gasteiger partial charge in [-0.25, -0.2) is 4.98 Å². The fourth-order valence-electron chi connectivity index (χ4n) is 2.43. The summed E-state index contributed by atoms with van der Waals surface area (Å²) < 4.78 is 0. The third-order valence-corrected chi connectivity index (χ3v) is 3.44.